The lowest BCUT2D eigenvalue weighted by molar-refractivity contribution is -0.121. The normalized spacial score (nSPS) is 17.9. The van der Waals surface area contributed by atoms with Crippen LogP contribution in [0.3, 0.4) is 0 Å². The van der Waals surface area contributed by atoms with Crippen LogP contribution in [0.15, 0.2) is 42.5 Å². The maximum absolute atomic E-state index is 14.6. The van der Waals surface area contributed by atoms with Crippen molar-refractivity contribution in [2.45, 2.75) is 38.7 Å². The number of amides is 2. The molecule has 2 aromatic rings. The molecule has 2 fully saturated rings. The monoisotopic (exact) mass is 453 g/mol. The van der Waals surface area contributed by atoms with Crippen LogP contribution in [0.5, 0.6) is 0 Å². The highest BCUT2D eigenvalue weighted by molar-refractivity contribution is 5.98. The maximum atomic E-state index is 14.6. The van der Waals surface area contributed by atoms with Gasteiger partial charge in [-0.2, -0.15) is 0 Å². The number of ether oxygens (including phenoxy) is 1. The Morgan fingerprint density at radius 1 is 1.09 bits per heavy atom. The molecule has 0 radical (unpaired) electrons. The highest BCUT2D eigenvalue weighted by Crippen LogP contribution is 2.29. The molecule has 1 N–H and O–H groups in total. The van der Waals surface area contributed by atoms with E-state index in [4.69, 9.17) is 4.74 Å². The molecule has 0 aliphatic carbocycles. The molecule has 0 unspecified atom stereocenters. The Hall–Kier alpha value is -3.42. The fourth-order valence-corrected chi connectivity index (χ4v) is 4.14. The van der Waals surface area contributed by atoms with Gasteiger partial charge in [0.05, 0.1) is 24.5 Å². The number of rotatable bonds is 8. The summed E-state index contributed by atoms with van der Waals surface area (Å²) in [7, 11) is 0. The van der Waals surface area contributed by atoms with Gasteiger partial charge in [0, 0.05) is 31.5 Å². The standard InChI is InChI=1S/C25H28FN3O4/c1-17-4-6-18(7-5-17)23(30)10-11-24(31)27-15-20-16-29(25(32)33-20)19-8-9-22(21(26)14-19)28-12-2-3-13-28/h4-9,14,20H,2-3,10-13,15-16H2,1H3,(H,27,31)/t20-/m0/s1. The molecule has 8 heteroatoms. The van der Waals surface area contributed by atoms with Gasteiger partial charge in [-0.3, -0.25) is 14.5 Å². The Morgan fingerprint density at radius 3 is 2.52 bits per heavy atom. The van der Waals surface area contributed by atoms with Crippen LogP contribution in [0.25, 0.3) is 0 Å². The van der Waals surface area contributed by atoms with E-state index in [2.05, 4.69) is 5.32 Å². The van der Waals surface area contributed by atoms with E-state index in [1.807, 2.05) is 24.0 Å². The lowest BCUT2D eigenvalue weighted by Gasteiger charge is -2.20. The summed E-state index contributed by atoms with van der Waals surface area (Å²) in [5.41, 5.74) is 2.62. The smallest absolute Gasteiger partial charge is 0.414 e. The zero-order valence-corrected chi connectivity index (χ0v) is 18.7. The number of halogens is 1. The van der Waals surface area contributed by atoms with E-state index in [0.717, 1.165) is 31.5 Å². The fourth-order valence-electron chi connectivity index (χ4n) is 4.14. The zero-order valence-electron chi connectivity index (χ0n) is 18.7. The van der Waals surface area contributed by atoms with Gasteiger partial charge in [0.1, 0.15) is 11.9 Å². The predicted octanol–water partition coefficient (Wildman–Crippen LogP) is 3.84. The number of carbonyl (C=O) groups is 3. The van der Waals surface area contributed by atoms with Crippen molar-refractivity contribution in [2.24, 2.45) is 0 Å². The summed E-state index contributed by atoms with van der Waals surface area (Å²) in [4.78, 5) is 40.0. The molecule has 33 heavy (non-hydrogen) atoms. The molecular formula is C25H28FN3O4. The summed E-state index contributed by atoms with van der Waals surface area (Å²) in [6, 6.07) is 12.0. The van der Waals surface area contributed by atoms with Gasteiger partial charge in [0.15, 0.2) is 5.78 Å². The number of aryl methyl sites for hydroxylation is 1. The second-order valence-corrected chi connectivity index (χ2v) is 8.54. The predicted molar refractivity (Wildman–Crippen MR) is 123 cm³/mol. The number of nitrogens with zero attached hydrogens (tertiary/aromatic N) is 2. The van der Waals surface area contributed by atoms with Crippen LogP contribution in [-0.4, -0.2) is 50.1 Å². The number of Topliss-reactive ketones (excluding diaryl/α,β-unsaturated/α-hetero) is 1. The van der Waals surface area contributed by atoms with Crippen molar-refractivity contribution in [3.05, 3.63) is 59.4 Å². The summed E-state index contributed by atoms with van der Waals surface area (Å²) >= 11 is 0. The van der Waals surface area contributed by atoms with E-state index in [9.17, 15) is 18.8 Å². The number of carbonyl (C=O) groups excluding carboxylic acids is 3. The molecule has 7 nitrogen and oxygen atoms in total. The van der Waals surface area contributed by atoms with Gasteiger partial charge in [-0.1, -0.05) is 29.8 Å². The molecule has 2 heterocycles. The van der Waals surface area contributed by atoms with E-state index < -0.39 is 12.2 Å². The summed E-state index contributed by atoms with van der Waals surface area (Å²) in [5, 5.41) is 2.71. The molecule has 2 saturated heterocycles. The van der Waals surface area contributed by atoms with E-state index in [1.165, 1.54) is 11.0 Å². The molecule has 2 aliphatic heterocycles. The number of hydrogen-bond donors (Lipinski definition) is 1. The average Bonchev–Trinajstić information content (AvgIpc) is 3.46. The third-order valence-corrected chi connectivity index (χ3v) is 6.04. The Morgan fingerprint density at radius 2 is 1.82 bits per heavy atom. The highest BCUT2D eigenvalue weighted by Gasteiger charge is 2.33. The van der Waals surface area contributed by atoms with E-state index in [0.29, 0.717) is 16.9 Å². The third kappa shape index (κ3) is 5.50. The van der Waals surface area contributed by atoms with Crippen molar-refractivity contribution < 1.29 is 23.5 Å². The first-order chi connectivity index (χ1) is 15.9. The summed E-state index contributed by atoms with van der Waals surface area (Å²) in [6.45, 7) is 3.96. The van der Waals surface area contributed by atoms with Crippen molar-refractivity contribution in [3.8, 4) is 0 Å². The molecule has 2 amide bonds. The van der Waals surface area contributed by atoms with Crippen LogP contribution in [-0.2, 0) is 9.53 Å². The zero-order chi connectivity index (χ0) is 23.4. The number of nitrogens with one attached hydrogen (secondary N) is 1. The molecule has 0 spiro atoms. The lowest BCUT2D eigenvalue weighted by Crippen LogP contribution is -2.34. The topological polar surface area (TPSA) is 79.0 Å². The van der Waals surface area contributed by atoms with E-state index in [1.54, 1.807) is 24.3 Å². The minimum absolute atomic E-state index is 0.0558. The number of anilines is 2. The van der Waals surface area contributed by atoms with Gasteiger partial charge in [-0.25, -0.2) is 9.18 Å². The second-order valence-electron chi connectivity index (χ2n) is 8.54. The molecular weight excluding hydrogens is 425 g/mol. The molecule has 0 saturated carbocycles. The minimum atomic E-state index is -0.572. The van der Waals surface area contributed by atoms with Crippen molar-refractivity contribution in [2.75, 3.05) is 36.0 Å². The molecule has 1 atom stereocenters. The van der Waals surface area contributed by atoms with Gasteiger partial charge in [0.25, 0.3) is 0 Å². The molecule has 2 aliphatic rings. The van der Waals surface area contributed by atoms with Crippen LogP contribution in [0.1, 0.15) is 41.6 Å². The van der Waals surface area contributed by atoms with Crippen LogP contribution >= 0.6 is 0 Å². The maximum Gasteiger partial charge on any atom is 0.414 e. The van der Waals surface area contributed by atoms with E-state index >= 15 is 0 Å². The molecule has 174 valence electrons. The molecule has 4 rings (SSSR count). The Balaban J connectivity index is 1.25. The number of hydrogen-bond acceptors (Lipinski definition) is 5. The Kier molecular flexibility index (Phi) is 6.91. The first-order valence-electron chi connectivity index (χ1n) is 11.3. The van der Waals surface area contributed by atoms with Crippen LogP contribution in [0, 0.1) is 12.7 Å². The van der Waals surface area contributed by atoms with Gasteiger partial charge in [-0.15, -0.1) is 0 Å². The molecule has 2 aromatic carbocycles. The SMILES string of the molecule is Cc1ccc(C(=O)CCC(=O)NC[C@H]2CN(c3ccc(N4CCCC4)c(F)c3)C(=O)O2)cc1. The van der Waals surface area contributed by atoms with Gasteiger partial charge >= 0.3 is 6.09 Å². The fraction of sp³-hybridized carbons (Fsp3) is 0.400. The number of cyclic esters (lactones) is 1. The Bertz CT molecular complexity index is 1030. The second kappa shape index (κ2) is 10.0. The third-order valence-electron chi connectivity index (χ3n) is 6.04. The average molecular weight is 454 g/mol. The highest BCUT2D eigenvalue weighted by atomic mass is 19.1. The molecule has 0 aromatic heterocycles. The van der Waals surface area contributed by atoms with Gasteiger partial charge in [0.2, 0.25) is 5.91 Å². The van der Waals surface area contributed by atoms with E-state index in [-0.39, 0.29) is 43.4 Å². The summed E-state index contributed by atoms with van der Waals surface area (Å²) in [6.07, 6.45) is 1.14. The van der Waals surface area contributed by atoms with Crippen molar-refractivity contribution in [3.63, 3.8) is 0 Å². The largest absolute Gasteiger partial charge is 0.442 e. The van der Waals surface area contributed by atoms with Crippen molar-refractivity contribution >= 4 is 29.2 Å². The van der Waals surface area contributed by atoms with Crippen molar-refractivity contribution in [1.29, 1.82) is 0 Å². The number of ketones is 1. The van der Waals surface area contributed by atoms with Crippen LogP contribution < -0.4 is 15.1 Å². The summed E-state index contributed by atoms with van der Waals surface area (Å²) < 4.78 is 19.9. The van der Waals surface area contributed by atoms with Crippen molar-refractivity contribution in [1.82, 2.24) is 5.32 Å². The number of benzene rings is 2. The van der Waals surface area contributed by atoms with Crippen LogP contribution in [0.2, 0.25) is 0 Å². The quantitative estimate of drug-likeness (QED) is 0.615. The minimum Gasteiger partial charge on any atom is -0.442 e. The van der Waals surface area contributed by atoms with Crippen LogP contribution in [0.4, 0.5) is 20.6 Å². The van der Waals surface area contributed by atoms with Gasteiger partial charge < -0.3 is 15.0 Å². The first kappa shape index (κ1) is 22.8. The lowest BCUT2D eigenvalue weighted by atomic mass is 10.0. The Labute approximate surface area is 192 Å². The van der Waals surface area contributed by atoms with Gasteiger partial charge in [-0.05, 0) is 38.0 Å². The summed E-state index contributed by atoms with van der Waals surface area (Å²) in [5.74, 6) is -0.744. The first-order valence-corrected chi connectivity index (χ1v) is 11.3. The molecule has 0 bridgehead atoms.